The predicted octanol–water partition coefficient (Wildman–Crippen LogP) is 2.22. The van der Waals surface area contributed by atoms with Crippen molar-refractivity contribution in [2.75, 3.05) is 31.2 Å². The van der Waals surface area contributed by atoms with Crippen molar-refractivity contribution in [2.45, 2.75) is 19.8 Å². The van der Waals surface area contributed by atoms with Crippen molar-refractivity contribution in [3.8, 4) is 0 Å². The van der Waals surface area contributed by atoms with Crippen LogP contribution in [-0.2, 0) is 10.0 Å². The molecule has 20 heavy (non-hydrogen) atoms. The standard InChI is InChI=1S/C14H21FN2O2S/c1-11-13(15)6-3-7-14(11)16-9-12-5-4-8-17(10-12)20(2,18)19/h3,6-7,12,16H,4-5,8-10H2,1-2H3. The predicted molar refractivity (Wildman–Crippen MR) is 78.8 cm³/mol. The molecule has 112 valence electrons. The number of piperidine rings is 1. The van der Waals surface area contributed by atoms with E-state index < -0.39 is 10.0 Å². The second-order valence-corrected chi connectivity index (χ2v) is 7.40. The average Bonchev–Trinajstić information content (AvgIpc) is 2.40. The zero-order valence-electron chi connectivity index (χ0n) is 11.9. The van der Waals surface area contributed by atoms with E-state index in [-0.39, 0.29) is 11.7 Å². The van der Waals surface area contributed by atoms with Gasteiger partial charge >= 0.3 is 0 Å². The molecule has 0 amide bonds. The fraction of sp³-hybridized carbons (Fsp3) is 0.571. The lowest BCUT2D eigenvalue weighted by molar-refractivity contribution is 0.277. The van der Waals surface area contributed by atoms with Gasteiger partial charge in [0.15, 0.2) is 0 Å². The van der Waals surface area contributed by atoms with E-state index >= 15 is 0 Å². The summed E-state index contributed by atoms with van der Waals surface area (Å²) in [5.74, 6) is 0.0394. The Balaban J connectivity index is 1.95. The van der Waals surface area contributed by atoms with Gasteiger partial charge in [-0.2, -0.15) is 0 Å². The minimum absolute atomic E-state index is 0.226. The summed E-state index contributed by atoms with van der Waals surface area (Å²) in [7, 11) is -3.11. The Morgan fingerprint density at radius 1 is 1.45 bits per heavy atom. The Morgan fingerprint density at radius 2 is 2.20 bits per heavy atom. The molecule has 1 unspecified atom stereocenters. The number of benzene rings is 1. The first-order valence-electron chi connectivity index (χ1n) is 6.82. The van der Waals surface area contributed by atoms with Gasteiger partial charge < -0.3 is 5.32 Å². The summed E-state index contributed by atoms with van der Waals surface area (Å²) in [5.41, 5.74) is 1.38. The zero-order chi connectivity index (χ0) is 14.8. The van der Waals surface area contributed by atoms with Gasteiger partial charge in [0.05, 0.1) is 6.26 Å². The highest BCUT2D eigenvalue weighted by Gasteiger charge is 2.25. The minimum Gasteiger partial charge on any atom is -0.384 e. The monoisotopic (exact) mass is 300 g/mol. The van der Waals surface area contributed by atoms with Crippen LogP contribution in [0.2, 0.25) is 0 Å². The van der Waals surface area contributed by atoms with Gasteiger partial charge in [-0.1, -0.05) is 6.07 Å². The third kappa shape index (κ3) is 3.70. The van der Waals surface area contributed by atoms with E-state index in [1.54, 1.807) is 13.0 Å². The molecule has 6 heteroatoms. The largest absolute Gasteiger partial charge is 0.384 e. The van der Waals surface area contributed by atoms with E-state index in [2.05, 4.69) is 5.32 Å². The summed E-state index contributed by atoms with van der Waals surface area (Å²) in [6.07, 6.45) is 3.12. The summed E-state index contributed by atoms with van der Waals surface area (Å²) < 4.78 is 38.1. The van der Waals surface area contributed by atoms with Gasteiger partial charge in [-0.05, 0) is 37.8 Å². The molecule has 1 aromatic rings. The molecule has 1 aromatic carbocycles. The van der Waals surface area contributed by atoms with Gasteiger partial charge in [-0.25, -0.2) is 17.1 Å². The topological polar surface area (TPSA) is 49.4 Å². The maximum Gasteiger partial charge on any atom is 0.211 e. The Labute approximate surface area is 120 Å². The minimum atomic E-state index is -3.11. The Hall–Kier alpha value is -1.14. The van der Waals surface area contributed by atoms with Gasteiger partial charge in [0, 0.05) is 30.9 Å². The highest BCUT2D eigenvalue weighted by molar-refractivity contribution is 7.88. The highest BCUT2D eigenvalue weighted by atomic mass is 32.2. The molecule has 4 nitrogen and oxygen atoms in total. The molecule has 1 aliphatic heterocycles. The molecule has 0 saturated carbocycles. The number of sulfonamides is 1. The smallest absolute Gasteiger partial charge is 0.211 e. The molecular formula is C14H21FN2O2S. The summed E-state index contributed by atoms with van der Waals surface area (Å²) in [4.78, 5) is 0. The number of rotatable bonds is 4. The summed E-state index contributed by atoms with van der Waals surface area (Å²) in [6, 6.07) is 4.95. The van der Waals surface area contributed by atoms with Crippen molar-refractivity contribution in [1.29, 1.82) is 0 Å². The lowest BCUT2D eigenvalue weighted by Gasteiger charge is -2.31. The van der Waals surface area contributed by atoms with Crippen LogP contribution in [-0.4, -0.2) is 38.6 Å². The first kappa shape index (κ1) is 15.3. The molecule has 1 aliphatic rings. The first-order valence-corrected chi connectivity index (χ1v) is 8.67. The number of hydrogen-bond acceptors (Lipinski definition) is 3. The van der Waals surface area contributed by atoms with Crippen LogP contribution >= 0.6 is 0 Å². The lowest BCUT2D eigenvalue weighted by atomic mass is 9.99. The Kier molecular flexibility index (Phi) is 4.65. The Bertz CT molecular complexity index is 575. The molecule has 0 aromatic heterocycles. The molecule has 1 heterocycles. The van der Waals surface area contributed by atoms with Gasteiger partial charge in [0.25, 0.3) is 0 Å². The van der Waals surface area contributed by atoms with E-state index in [0.717, 1.165) is 18.5 Å². The van der Waals surface area contributed by atoms with E-state index in [4.69, 9.17) is 0 Å². The van der Waals surface area contributed by atoms with Crippen LogP contribution in [0.25, 0.3) is 0 Å². The molecule has 0 bridgehead atoms. The van der Waals surface area contributed by atoms with Crippen LogP contribution in [0.4, 0.5) is 10.1 Å². The molecule has 0 radical (unpaired) electrons. The molecule has 2 rings (SSSR count). The molecule has 0 aliphatic carbocycles. The van der Waals surface area contributed by atoms with Crippen LogP contribution in [0.15, 0.2) is 18.2 Å². The molecule has 1 atom stereocenters. The second kappa shape index (κ2) is 6.10. The third-order valence-electron chi connectivity index (χ3n) is 3.80. The summed E-state index contributed by atoms with van der Waals surface area (Å²) in [5, 5.41) is 3.23. The van der Waals surface area contributed by atoms with Gasteiger partial charge in [0.2, 0.25) is 10.0 Å². The fourth-order valence-corrected chi connectivity index (χ4v) is 3.49. The molecule has 0 spiro atoms. The number of hydrogen-bond donors (Lipinski definition) is 1. The van der Waals surface area contributed by atoms with Crippen LogP contribution in [0.5, 0.6) is 0 Å². The van der Waals surface area contributed by atoms with Gasteiger partial charge in [-0.15, -0.1) is 0 Å². The van der Waals surface area contributed by atoms with Gasteiger partial charge in [-0.3, -0.25) is 0 Å². The number of nitrogens with zero attached hydrogens (tertiary/aromatic N) is 1. The molecular weight excluding hydrogens is 279 g/mol. The number of nitrogens with one attached hydrogen (secondary N) is 1. The molecule has 1 fully saturated rings. The SMILES string of the molecule is Cc1c(F)cccc1NCC1CCCN(S(C)(=O)=O)C1. The van der Waals surface area contributed by atoms with E-state index in [0.29, 0.717) is 25.2 Å². The number of anilines is 1. The first-order chi connectivity index (χ1) is 9.38. The highest BCUT2D eigenvalue weighted by Crippen LogP contribution is 2.21. The number of halogens is 1. The van der Waals surface area contributed by atoms with E-state index in [9.17, 15) is 12.8 Å². The van der Waals surface area contributed by atoms with Crippen molar-refractivity contribution in [1.82, 2.24) is 4.31 Å². The maximum atomic E-state index is 13.4. The fourth-order valence-electron chi connectivity index (χ4n) is 2.55. The van der Waals surface area contributed by atoms with Crippen LogP contribution in [0, 0.1) is 18.7 Å². The van der Waals surface area contributed by atoms with Crippen molar-refractivity contribution in [2.24, 2.45) is 5.92 Å². The normalized spacial score (nSPS) is 20.9. The maximum absolute atomic E-state index is 13.4. The quantitative estimate of drug-likeness (QED) is 0.927. The van der Waals surface area contributed by atoms with Crippen molar-refractivity contribution in [3.63, 3.8) is 0 Å². The van der Waals surface area contributed by atoms with E-state index in [1.165, 1.54) is 16.6 Å². The van der Waals surface area contributed by atoms with Crippen molar-refractivity contribution < 1.29 is 12.8 Å². The van der Waals surface area contributed by atoms with Crippen molar-refractivity contribution >= 4 is 15.7 Å². The summed E-state index contributed by atoms with van der Waals surface area (Å²) >= 11 is 0. The Morgan fingerprint density at radius 3 is 2.90 bits per heavy atom. The third-order valence-corrected chi connectivity index (χ3v) is 5.07. The molecule has 1 saturated heterocycles. The zero-order valence-corrected chi connectivity index (χ0v) is 12.7. The summed E-state index contributed by atoms with van der Waals surface area (Å²) in [6.45, 7) is 3.55. The van der Waals surface area contributed by atoms with Gasteiger partial charge in [0.1, 0.15) is 5.82 Å². The van der Waals surface area contributed by atoms with Crippen LogP contribution in [0.1, 0.15) is 18.4 Å². The average molecular weight is 300 g/mol. The lowest BCUT2D eigenvalue weighted by Crippen LogP contribution is -2.41. The molecule has 1 N–H and O–H groups in total. The van der Waals surface area contributed by atoms with Crippen LogP contribution < -0.4 is 5.32 Å². The van der Waals surface area contributed by atoms with Crippen LogP contribution in [0.3, 0.4) is 0 Å². The van der Waals surface area contributed by atoms with E-state index in [1.807, 2.05) is 6.07 Å². The van der Waals surface area contributed by atoms with Crippen molar-refractivity contribution in [3.05, 3.63) is 29.6 Å². The second-order valence-electron chi connectivity index (χ2n) is 5.42.